The van der Waals surface area contributed by atoms with Crippen LogP contribution < -0.4 is 9.46 Å². The molecule has 34 heavy (non-hydrogen) atoms. The first-order chi connectivity index (χ1) is 16.1. The van der Waals surface area contributed by atoms with E-state index in [9.17, 15) is 26.9 Å². The summed E-state index contributed by atoms with van der Waals surface area (Å²) in [5, 5.41) is 14.8. The van der Waals surface area contributed by atoms with E-state index in [4.69, 9.17) is 16.3 Å². The van der Waals surface area contributed by atoms with E-state index in [-0.39, 0.29) is 37.8 Å². The Morgan fingerprint density at radius 2 is 1.97 bits per heavy atom. The van der Waals surface area contributed by atoms with Gasteiger partial charge in [-0.05, 0) is 36.4 Å². The minimum absolute atomic E-state index is 0.0414. The normalized spacial score (nSPS) is 11.7. The Labute approximate surface area is 199 Å². The van der Waals surface area contributed by atoms with Gasteiger partial charge in [0.25, 0.3) is 10.0 Å². The number of halogens is 4. The number of sulfonamides is 1. The number of aromatic nitrogens is 3. The number of hydrogen-bond donors (Lipinski definition) is 1. The molecule has 0 unspecified atom stereocenters. The number of rotatable bonds is 6. The summed E-state index contributed by atoms with van der Waals surface area (Å²) in [6.45, 7) is 0. The molecule has 4 rings (SSSR count). The molecule has 2 heterocycles. The van der Waals surface area contributed by atoms with Crippen LogP contribution in [0.25, 0.3) is 5.69 Å². The van der Waals surface area contributed by atoms with E-state index in [0.29, 0.717) is 0 Å². The van der Waals surface area contributed by atoms with Gasteiger partial charge >= 0.3 is 6.18 Å². The van der Waals surface area contributed by atoms with Crippen molar-refractivity contribution in [2.24, 2.45) is 0 Å². The Morgan fingerprint density at radius 1 is 1.18 bits per heavy atom. The van der Waals surface area contributed by atoms with Crippen molar-refractivity contribution in [3.63, 3.8) is 0 Å². The maximum absolute atomic E-state index is 12.8. The van der Waals surface area contributed by atoms with E-state index in [1.165, 1.54) is 36.5 Å². The Hall–Kier alpha value is -3.60. The zero-order chi connectivity index (χ0) is 24.5. The lowest BCUT2D eigenvalue weighted by Gasteiger charge is -2.12. The third kappa shape index (κ3) is 4.98. The fourth-order valence-corrected chi connectivity index (χ4v) is 4.85. The van der Waals surface area contributed by atoms with Crippen LogP contribution in [-0.4, -0.2) is 23.2 Å². The second-order valence-corrected chi connectivity index (χ2v) is 9.56. The van der Waals surface area contributed by atoms with Gasteiger partial charge < -0.3 is 4.74 Å². The molecule has 2 aromatic heterocycles. The van der Waals surface area contributed by atoms with Crippen molar-refractivity contribution in [1.29, 1.82) is 5.26 Å². The largest absolute Gasteiger partial charge is 0.456 e. The summed E-state index contributed by atoms with van der Waals surface area (Å²) in [6.07, 6.45) is -2.03. The van der Waals surface area contributed by atoms with Crippen LogP contribution >= 0.6 is 22.9 Å². The van der Waals surface area contributed by atoms with Gasteiger partial charge in [0.15, 0.2) is 10.8 Å². The van der Waals surface area contributed by atoms with Crippen molar-refractivity contribution in [3.05, 3.63) is 76.5 Å². The van der Waals surface area contributed by atoms with E-state index >= 15 is 0 Å². The molecule has 8 nitrogen and oxygen atoms in total. The van der Waals surface area contributed by atoms with Gasteiger partial charge in [-0.1, -0.05) is 11.6 Å². The molecule has 0 spiro atoms. The summed E-state index contributed by atoms with van der Waals surface area (Å²) < 4.78 is 72.4. The fourth-order valence-electron chi connectivity index (χ4n) is 2.77. The highest BCUT2D eigenvalue weighted by molar-refractivity contribution is 7.93. The van der Waals surface area contributed by atoms with Gasteiger partial charge in [0.2, 0.25) is 0 Å². The van der Waals surface area contributed by atoms with Crippen LogP contribution in [0.2, 0.25) is 5.02 Å². The molecule has 2 aromatic carbocycles. The van der Waals surface area contributed by atoms with Crippen molar-refractivity contribution in [2.75, 3.05) is 4.72 Å². The first-order valence-electron chi connectivity index (χ1n) is 9.14. The Morgan fingerprint density at radius 3 is 2.59 bits per heavy atom. The fraction of sp³-hybridized carbons (Fsp3) is 0.0500. The molecule has 0 aliphatic rings. The van der Waals surface area contributed by atoms with Gasteiger partial charge in [0, 0.05) is 23.8 Å². The topological polar surface area (TPSA) is 110 Å². The lowest BCUT2D eigenvalue weighted by Crippen LogP contribution is -2.13. The minimum atomic E-state index is -4.59. The molecular formula is C20H11ClF3N5O3S2. The predicted octanol–water partition coefficient (Wildman–Crippen LogP) is 5.47. The summed E-state index contributed by atoms with van der Waals surface area (Å²) in [7, 11) is -3.98. The monoisotopic (exact) mass is 525 g/mol. The number of hydrogen-bond acceptors (Lipinski definition) is 7. The van der Waals surface area contributed by atoms with Gasteiger partial charge in [-0.25, -0.2) is 18.1 Å². The molecule has 1 N–H and O–H groups in total. The van der Waals surface area contributed by atoms with E-state index in [2.05, 4.69) is 14.8 Å². The lowest BCUT2D eigenvalue weighted by atomic mass is 10.2. The van der Waals surface area contributed by atoms with Gasteiger partial charge in [-0.15, -0.1) is 11.3 Å². The molecular weight excluding hydrogens is 515 g/mol. The van der Waals surface area contributed by atoms with Crippen LogP contribution in [0.15, 0.2) is 65.1 Å². The molecule has 0 aliphatic heterocycles. The summed E-state index contributed by atoms with van der Waals surface area (Å²) >= 11 is 7.30. The number of thiazole rings is 1. The molecule has 0 saturated heterocycles. The van der Waals surface area contributed by atoms with Crippen molar-refractivity contribution < 1.29 is 26.3 Å². The van der Waals surface area contributed by atoms with Crippen molar-refractivity contribution in [3.8, 4) is 23.3 Å². The molecule has 14 heteroatoms. The molecule has 0 atom stereocenters. The molecule has 0 amide bonds. The van der Waals surface area contributed by atoms with Gasteiger partial charge in [0.1, 0.15) is 17.6 Å². The highest BCUT2D eigenvalue weighted by Gasteiger charge is 2.33. The molecule has 0 fully saturated rings. The minimum Gasteiger partial charge on any atom is -0.456 e. The van der Waals surface area contributed by atoms with E-state index < -0.39 is 21.9 Å². The second kappa shape index (κ2) is 8.98. The van der Waals surface area contributed by atoms with E-state index in [0.717, 1.165) is 34.3 Å². The van der Waals surface area contributed by atoms with Gasteiger partial charge in [-0.3, -0.25) is 4.72 Å². The Balaban J connectivity index is 1.57. The van der Waals surface area contributed by atoms with Gasteiger partial charge in [-0.2, -0.15) is 23.5 Å². The van der Waals surface area contributed by atoms with Gasteiger partial charge in [0.05, 0.1) is 21.2 Å². The van der Waals surface area contributed by atoms with Crippen LogP contribution in [0.4, 0.5) is 18.3 Å². The predicted molar refractivity (Wildman–Crippen MR) is 118 cm³/mol. The summed E-state index contributed by atoms with van der Waals surface area (Å²) in [6, 6.07) is 10.5. The van der Waals surface area contributed by atoms with E-state index in [1.807, 2.05) is 6.07 Å². The highest BCUT2D eigenvalue weighted by Crippen LogP contribution is 2.33. The average molecular weight is 526 g/mol. The standard InChI is InChI=1S/C20H11ClF3N5O3S2/c21-15-10-13(1-3-16(15)29-7-5-18(27-29)20(22,23)24)32-17-4-2-14(9-12(17)11-25)34(30,31)28-19-26-6-8-33-19/h1-10H,(H,26,28). The molecule has 174 valence electrons. The summed E-state index contributed by atoms with van der Waals surface area (Å²) in [5.41, 5.74) is -0.953. The lowest BCUT2D eigenvalue weighted by molar-refractivity contribution is -0.141. The summed E-state index contributed by atoms with van der Waals surface area (Å²) in [4.78, 5) is 3.69. The Kier molecular flexibility index (Phi) is 6.22. The van der Waals surface area contributed by atoms with Crippen LogP contribution in [-0.2, 0) is 16.2 Å². The number of nitrogens with one attached hydrogen (secondary N) is 1. The molecule has 0 aliphatic carbocycles. The number of alkyl halides is 3. The number of nitriles is 1. The first-order valence-corrected chi connectivity index (χ1v) is 11.9. The SMILES string of the molecule is N#Cc1cc(S(=O)(=O)Nc2nccs2)ccc1Oc1ccc(-n2ccc(C(F)(F)F)n2)c(Cl)c1. The number of ether oxygens (including phenoxy) is 1. The van der Waals surface area contributed by atoms with Crippen molar-refractivity contribution in [1.82, 2.24) is 14.8 Å². The van der Waals surface area contributed by atoms with Crippen LogP contribution in [0.1, 0.15) is 11.3 Å². The first kappa shape index (κ1) is 23.6. The van der Waals surface area contributed by atoms with Crippen LogP contribution in [0, 0.1) is 11.3 Å². The number of anilines is 1. The highest BCUT2D eigenvalue weighted by atomic mass is 35.5. The molecule has 0 radical (unpaired) electrons. The summed E-state index contributed by atoms with van der Waals surface area (Å²) in [5.74, 6) is 0.225. The number of benzene rings is 2. The second-order valence-electron chi connectivity index (χ2n) is 6.57. The third-order valence-corrected chi connectivity index (χ3v) is 6.77. The third-order valence-electron chi connectivity index (χ3n) is 4.31. The maximum atomic E-state index is 12.8. The van der Waals surface area contributed by atoms with Crippen molar-refractivity contribution >= 4 is 38.1 Å². The smallest absolute Gasteiger partial charge is 0.435 e. The number of nitrogens with zero attached hydrogens (tertiary/aromatic N) is 4. The van der Waals surface area contributed by atoms with Crippen LogP contribution in [0.3, 0.4) is 0 Å². The molecule has 0 saturated carbocycles. The average Bonchev–Trinajstić information content (AvgIpc) is 3.46. The molecule has 0 bridgehead atoms. The van der Waals surface area contributed by atoms with Crippen LogP contribution in [0.5, 0.6) is 11.5 Å². The Bertz CT molecular complexity index is 1500. The maximum Gasteiger partial charge on any atom is 0.435 e. The molecule has 4 aromatic rings. The quantitative estimate of drug-likeness (QED) is 0.357. The van der Waals surface area contributed by atoms with Crippen molar-refractivity contribution in [2.45, 2.75) is 11.1 Å². The zero-order valence-electron chi connectivity index (χ0n) is 16.6. The van der Waals surface area contributed by atoms with E-state index in [1.54, 1.807) is 5.38 Å². The zero-order valence-corrected chi connectivity index (χ0v) is 19.0.